The molecule has 1 N–H and O–H groups in total. The van der Waals surface area contributed by atoms with E-state index >= 15 is 0 Å². The van der Waals surface area contributed by atoms with Crippen LogP contribution < -0.4 is 5.32 Å². The lowest BCUT2D eigenvalue weighted by molar-refractivity contribution is -0.113. The fourth-order valence-corrected chi connectivity index (χ4v) is 2.55. The number of anilines is 1. The number of hydrogen-bond acceptors (Lipinski definition) is 4. The first kappa shape index (κ1) is 14.5. The Bertz CT molecular complexity index is 837. The highest BCUT2D eigenvalue weighted by atomic mass is 32.2. The smallest absolute Gasteiger partial charge is 0.234 e. The molecule has 112 valence electrons. The van der Waals surface area contributed by atoms with E-state index in [4.69, 9.17) is 0 Å². The second-order valence-electron chi connectivity index (χ2n) is 4.37. The highest BCUT2D eigenvalue weighted by molar-refractivity contribution is 7.99. The maximum absolute atomic E-state index is 13.4. The Kier molecular flexibility index (Phi) is 4.01. The predicted octanol–water partition coefficient (Wildman–Crippen LogP) is 2.74. The summed E-state index contributed by atoms with van der Waals surface area (Å²) >= 11 is 1.16. The molecule has 22 heavy (non-hydrogen) atoms. The number of carbonyl (C=O) groups is 1. The van der Waals surface area contributed by atoms with Gasteiger partial charge < -0.3 is 5.32 Å². The molecule has 0 radical (unpaired) electrons. The van der Waals surface area contributed by atoms with Crippen molar-refractivity contribution < 1.29 is 13.6 Å². The molecule has 8 heteroatoms. The van der Waals surface area contributed by atoms with Crippen molar-refractivity contribution in [3.8, 4) is 0 Å². The molecular weight excluding hydrogens is 310 g/mol. The molecule has 0 aliphatic heterocycles. The van der Waals surface area contributed by atoms with E-state index in [-0.39, 0.29) is 11.4 Å². The van der Waals surface area contributed by atoms with Crippen molar-refractivity contribution in [3.05, 3.63) is 54.2 Å². The molecule has 0 aliphatic carbocycles. The van der Waals surface area contributed by atoms with Gasteiger partial charge in [0.25, 0.3) is 0 Å². The van der Waals surface area contributed by atoms with E-state index in [1.54, 1.807) is 16.7 Å². The molecule has 3 aromatic rings. The van der Waals surface area contributed by atoms with Crippen LogP contribution in [0.1, 0.15) is 0 Å². The van der Waals surface area contributed by atoms with Gasteiger partial charge >= 0.3 is 0 Å². The summed E-state index contributed by atoms with van der Waals surface area (Å²) in [5, 5.41) is 10.8. The van der Waals surface area contributed by atoms with Crippen LogP contribution in [0, 0.1) is 11.6 Å². The lowest BCUT2D eigenvalue weighted by Gasteiger charge is -2.06. The lowest BCUT2D eigenvalue weighted by atomic mass is 10.3. The third-order valence-electron chi connectivity index (χ3n) is 2.82. The highest BCUT2D eigenvalue weighted by Crippen LogP contribution is 2.19. The van der Waals surface area contributed by atoms with Gasteiger partial charge in [-0.05, 0) is 24.3 Å². The Morgan fingerprint density at radius 2 is 2.09 bits per heavy atom. The molecule has 0 unspecified atom stereocenters. The third kappa shape index (κ3) is 3.06. The number of fused-ring (bicyclic) bond motifs is 1. The van der Waals surface area contributed by atoms with Gasteiger partial charge in [-0.2, -0.15) is 0 Å². The molecule has 1 amide bonds. The zero-order valence-corrected chi connectivity index (χ0v) is 12.0. The molecular formula is C14H10F2N4OS. The Labute approximate surface area is 128 Å². The average Bonchev–Trinajstić information content (AvgIpc) is 2.92. The molecule has 5 nitrogen and oxygen atoms in total. The van der Waals surface area contributed by atoms with Crippen molar-refractivity contribution >= 4 is 29.0 Å². The summed E-state index contributed by atoms with van der Waals surface area (Å²) in [6.45, 7) is 0. The first-order chi connectivity index (χ1) is 10.6. The largest absolute Gasteiger partial charge is 0.323 e. The van der Waals surface area contributed by atoms with Gasteiger partial charge in [0.15, 0.2) is 10.8 Å². The number of amides is 1. The third-order valence-corrected chi connectivity index (χ3v) is 3.76. The van der Waals surface area contributed by atoms with Crippen LogP contribution in [0.4, 0.5) is 14.5 Å². The van der Waals surface area contributed by atoms with Gasteiger partial charge in [0, 0.05) is 12.3 Å². The summed E-state index contributed by atoms with van der Waals surface area (Å²) in [5.41, 5.74) is 0.485. The number of aromatic nitrogens is 3. The fraction of sp³-hybridized carbons (Fsp3) is 0.0714. The van der Waals surface area contributed by atoms with Crippen LogP contribution in [-0.4, -0.2) is 26.3 Å². The number of benzene rings is 1. The maximum atomic E-state index is 13.4. The molecule has 0 fully saturated rings. The van der Waals surface area contributed by atoms with E-state index in [2.05, 4.69) is 15.5 Å². The molecule has 0 saturated heterocycles. The van der Waals surface area contributed by atoms with Crippen molar-refractivity contribution in [1.82, 2.24) is 14.6 Å². The molecule has 0 atom stereocenters. The van der Waals surface area contributed by atoms with Gasteiger partial charge in [0.1, 0.15) is 11.6 Å². The predicted molar refractivity (Wildman–Crippen MR) is 78.7 cm³/mol. The minimum Gasteiger partial charge on any atom is -0.323 e. The summed E-state index contributed by atoms with van der Waals surface area (Å²) in [7, 11) is 0. The van der Waals surface area contributed by atoms with Crippen molar-refractivity contribution in [2.45, 2.75) is 5.16 Å². The molecule has 0 saturated carbocycles. The minimum atomic E-state index is -0.687. The number of thioether (sulfide) groups is 1. The first-order valence-corrected chi connectivity index (χ1v) is 7.29. The molecule has 0 aliphatic rings. The molecule has 1 aromatic carbocycles. The van der Waals surface area contributed by atoms with Gasteiger partial charge in [0.05, 0.1) is 11.4 Å². The van der Waals surface area contributed by atoms with Gasteiger partial charge in [-0.25, -0.2) is 8.78 Å². The highest BCUT2D eigenvalue weighted by Gasteiger charge is 2.11. The molecule has 0 bridgehead atoms. The zero-order valence-electron chi connectivity index (χ0n) is 11.2. The summed E-state index contributed by atoms with van der Waals surface area (Å²) in [5.74, 6) is -1.76. The van der Waals surface area contributed by atoms with E-state index in [0.717, 1.165) is 30.0 Å². The van der Waals surface area contributed by atoms with E-state index in [0.29, 0.717) is 10.8 Å². The van der Waals surface area contributed by atoms with Crippen LogP contribution in [-0.2, 0) is 4.79 Å². The first-order valence-electron chi connectivity index (χ1n) is 6.31. The molecule has 2 heterocycles. The van der Waals surface area contributed by atoms with Crippen molar-refractivity contribution in [3.63, 3.8) is 0 Å². The Balaban J connectivity index is 1.66. The van der Waals surface area contributed by atoms with Gasteiger partial charge in [-0.1, -0.05) is 17.8 Å². The quantitative estimate of drug-likeness (QED) is 0.751. The van der Waals surface area contributed by atoms with Crippen LogP contribution in [0.15, 0.2) is 47.8 Å². The summed E-state index contributed by atoms with van der Waals surface area (Å²) < 4.78 is 28.2. The Hall–Kier alpha value is -2.48. The van der Waals surface area contributed by atoms with Crippen LogP contribution in [0.3, 0.4) is 0 Å². The van der Waals surface area contributed by atoms with Gasteiger partial charge in [0.2, 0.25) is 5.91 Å². The molecule has 3 rings (SSSR count). The topological polar surface area (TPSA) is 59.3 Å². The second kappa shape index (κ2) is 6.10. The van der Waals surface area contributed by atoms with Crippen molar-refractivity contribution in [2.75, 3.05) is 11.1 Å². The maximum Gasteiger partial charge on any atom is 0.234 e. The van der Waals surface area contributed by atoms with Gasteiger partial charge in [-0.3, -0.25) is 9.20 Å². The van der Waals surface area contributed by atoms with Crippen molar-refractivity contribution in [1.29, 1.82) is 0 Å². The second-order valence-corrected chi connectivity index (χ2v) is 5.31. The van der Waals surface area contributed by atoms with Crippen molar-refractivity contribution in [2.24, 2.45) is 0 Å². The monoisotopic (exact) mass is 320 g/mol. The van der Waals surface area contributed by atoms with E-state index in [1.807, 2.05) is 12.1 Å². The average molecular weight is 320 g/mol. The SMILES string of the molecule is O=C(CSc1nnc2ccccn12)Nc1cc(F)ccc1F. The standard InChI is InChI=1S/C14H10F2N4OS/c15-9-4-5-10(16)11(7-9)17-13(21)8-22-14-19-18-12-3-1-2-6-20(12)14/h1-7H,8H2,(H,17,21). The summed E-state index contributed by atoms with van der Waals surface area (Å²) in [4.78, 5) is 11.8. The number of halogens is 2. The Morgan fingerprint density at radius 3 is 2.95 bits per heavy atom. The van der Waals surface area contributed by atoms with E-state index in [9.17, 15) is 13.6 Å². The number of hydrogen-bond donors (Lipinski definition) is 1. The number of carbonyl (C=O) groups excluding carboxylic acids is 1. The van der Waals surface area contributed by atoms with Crippen LogP contribution >= 0.6 is 11.8 Å². The Morgan fingerprint density at radius 1 is 1.23 bits per heavy atom. The van der Waals surface area contributed by atoms with Crippen LogP contribution in [0.25, 0.3) is 5.65 Å². The number of nitrogens with one attached hydrogen (secondary N) is 1. The minimum absolute atomic E-state index is 0.00560. The van der Waals surface area contributed by atoms with E-state index in [1.165, 1.54) is 0 Å². The molecule has 0 spiro atoms. The molecule has 2 aromatic heterocycles. The normalized spacial score (nSPS) is 10.8. The summed E-state index contributed by atoms with van der Waals surface area (Å²) in [6.07, 6.45) is 1.78. The fourth-order valence-electron chi connectivity index (χ4n) is 1.83. The van der Waals surface area contributed by atoms with Gasteiger partial charge in [-0.15, -0.1) is 10.2 Å². The zero-order chi connectivity index (χ0) is 15.5. The number of nitrogens with zero attached hydrogens (tertiary/aromatic N) is 3. The van der Waals surface area contributed by atoms with Crippen LogP contribution in [0.5, 0.6) is 0 Å². The number of rotatable bonds is 4. The lowest BCUT2D eigenvalue weighted by Crippen LogP contribution is -2.15. The van der Waals surface area contributed by atoms with E-state index < -0.39 is 17.5 Å². The number of pyridine rings is 1. The van der Waals surface area contributed by atoms with Crippen LogP contribution in [0.2, 0.25) is 0 Å². The summed E-state index contributed by atoms with van der Waals surface area (Å²) in [6, 6.07) is 8.33.